The monoisotopic (exact) mass is 202 g/mol. The van der Waals surface area contributed by atoms with E-state index < -0.39 is 0 Å². The van der Waals surface area contributed by atoms with Crippen LogP contribution in [0.15, 0.2) is 0 Å². The average molecular weight is 202 g/mol. The second-order valence-corrected chi connectivity index (χ2v) is 4.09. The molecule has 0 aromatic carbocycles. The lowest BCUT2D eigenvalue weighted by Gasteiger charge is -2.36. The molecule has 0 aromatic rings. The van der Waals surface area contributed by atoms with Crippen molar-refractivity contribution in [3.63, 3.8) is 0 Å². The molecular formula is C10H22N2O2. The predicted octanol–water partition coefficient (Wildman–Crippen LogP) is 0.274. The molecule has 0 saturated carbocycles. The Morgan fingerprint density at radius 3 is 2.57 bits per heavy atom. The van der Waals surface area contributed by atoms with E-state index in [1.54, 1.807) is 14.2 Å². The number of nitrogens with zero attached hydrogens (tertiary/aromatic N) is 1. The van der Waals surface area contributed by atoms with E-state index in [0.717, 1.165) is 19.6 Å². The van der Waals surface area contributed by atoms with Crippen LogP contribution in [-0.4, -0.2) is 51.1 Å². The summed E-state index contributed by atoms with van der Waals surface area (Å²) >= 11 is 0. The predicted molar refractivity (Wildman–Crippen MR) is 56.0 cm³/mol. The number of methoxy groups -OCH3 is 2. The summed E-state index contributed by atoms with van der Waals surface area (Å²) in [5.41, 5.74) is 6.00. The van der Waals surface area contributed by atoms with Gasteiger partial charge < -0.3 is 15.2 Å². The lowest BCUT2D eigenvalue weighted by molar-refractivity contribution is -0.119. The first kappa shape index (κ1) is 11.9. The topological polar surface area (TPSA) is 47.7 Å². The molecule has 0 spiro atoms. The maximum atomic E-state index is 6.00. The van der Waals surface area contributed by atoms with Crippen molar-refractivity contribution in [3.05, 3.63) is 0 Å². The van der Waals surface area contributed by atoms with Gasteiger partial charge in [0.15, 0.2) is 6.29 Å². The van der Waals surface area contributed by atoms with Gasteiger partial charge in [-0.1, -0.05) is 6.92 Å². The highest BCUT2D eigenvalue weighted by Crippen LogP contribution is 2.15. The summed E-state index contributed by atoms with van der Waals surface area (Å²) in [6.07, 6.45) is 1.04. The molecule has 0 radical (unpaired) electrons. The lowest BCUT2D eigenvalue weighted by Crippen LogP contribution is -2.49. The normalized spacial score (nSPS) is 29.8. The van der Waals surface area contributed by atoms with Crippen LogP contribution in [0.2, 0.25) is 0 Å². The third kappa shape index (κ3) is 3.20. The van der Waals surface area contributed by atoms with E-state index in [0.29, 0.717) is 5.92 Å². The van der Waals surface area contributed by atoms with E-state index >= 15 is 0 Å². The molecule has 1 rings (SSSR count). The van der Waals surface area contributed by atoms with Gasteiger partial charge in [0.1, 0.15) is 0 Å². The molecule has 1 aliphatic heterocycles. The first-order valence-electron chi connectivity index (χ1n) is 5.21. The molecule has 1 fully saturated rings. The molecule has 2 atom stereocenters. The van der Waals surface area contributed by atoms with E-state index in [1.165, 1.54) is 6.42 Å². The molecule has 0 bridgehead atoms. The van der Waals surface area contributed by atoms with Crippen molar-refractivity contribution < 1.29 is 9.47 Å². The van der Waals surface area contributed by atoms with Crippen LogP contribution in [0.1, 0.15) is 13.3 Å². The summed E-state index contributed by atoms with van der Waals surface area (Å²) in [5.74, 6) is 0.634. The number of hydrogen-bond donors (Lipinski definition) is 1. The van der Waals surface area contributed by atoms with Gasteiger partial charge >= 0.3 is 0 Å². The molecule has 84 valence electrons. The zero-order chi connectivity index (χ0) is 10.6. The van der Waals surface area contributed by atoms with Crippen molar-refractivity contribution >= 4 is 0 Å². The number of rotatable bonds is 4. The summed E-state index contributed by atoms with van der Waals surface area (Å²) in [5, 5.41) is 0. The van der Waals surface area contributed by atoms with Crippen molar-refractivity contribution in [2.75, 3.05) is 33.9 Å². The van der Waals surface area contributed by atoms with Crippen LogP contribution < -0.4 is 5.73 Å². The van der Waals surface area contributed by atoms with Crippen LogP contribution in [0.4, 0.5) is 0 Å². The molecule has 4 nitrogen and oxygen atoms in total. The van der Waals surface area contributed by atoms with Crippen molar-refractivity contribution in [2.45, 2.75) is 25.7 Å². The summed E-state index contributed by atoms with van der Waals surface area (Å²) in [6.45, 7) is 5.07. The first-order chi connectivity index (χ1) is 6.67. The highest BCUT2D eigenvalue weighted by atomic mass is 16.7. The molecular weight excluding hydrogens is 180 g/mol. The molecule has 0 amide bonds. The molecule has 1 aliphatic rings. The fourth-order valence-electron chi connectivity index (χ4n) is 1.79. The number of hydrogen-bond acceptors (Lipinski definition) is 4. The van der Waals surface area contributed by atoms with Gasteiger partial charge in [0.25, 0.3) is 0 Å². The molecule has 4 heteroatoms. The highest BCUT2D eigenvalue weighted by molar-refractivity contribution is 4.80. The van der Waals surface area contributed by atoms with E-state index in [-0.39, 0.29) is 12.3 Å². The summed E-state index contributed by atoms with van der Waals surface area (Å²) in [4.78, 5) is 2.31. The molecule has 1 heterocycles. The largest absolute Gasteiger partial charge is 0.355 e. The van der Waals surface area contributed by atoms with E-state index in [4.69, 9.17) is 15.2 Å². The zero-order valence-corrected chi connectivity index (χ0v) is 9.40. The van der Waals surface area contributed by atoms with Crippen LogP contribution >= 0.6 is 0 Å². The zero-order valence-electron chi connectivity index (χ0n) is 9.40. The lowest BCUT2D eigenvalue weighted by atomic mass is 9.94. The fraction of sp³-hybridized carbons (Fsp3) is 1.00. The van der Waals surface area contributed by atoms with Crippen LogP contribution in [0.25, 0.3) is 0 Å². The minimum atomic E-state index is -0.129. The Morgan fingerprint density at radius 1 is 1.43 bits per heavy atom. The van der Waals surface area contributed by atoms with Crippen LogP contribution in [0.5, 0.6) is 0 Å². The smallest absolute Gasteiger partial charge is 0.169 e. The maximum absolute atomic E-state index is 6.00. The van der Waals surface area contributed by atoms with Gasteiger partial charge in [0.2, 0.25) is 0 Å². The first-order valence-corrected chi connectivity index (χ1v) is 5.21. The average Bonchev–Trinajstić information content (AvgIpc) is 2.19. The standard InChI is InChI=1S/C10H22N2O2/c1-8-4-5-12(6-9(8)11)7-10(13-2)14-3/h8-10H,4-7,11H2,1-3H3. The molecule has 2 unspecified atom stereocenters. The van der Waals surface area contributed by atoms with Gasteiger partial charge in [-0.15, -0.1) is 0 Å². The van der Waals surface area contributed by atoms with Gasteiger partial charge in [-0.2, -0.15) is 0 Å². The third-order valence-corrected chi connectivity index (χ3v) is 3.03. The summed E-state index contributed by atoms with van der Waals surface area (Å²) in [6, 6.07) is 0.290. The Morgan fingerprint density at radius 2 is 2.07 bits per heavy atom. The highest BCUT2D eigenvalue weighted by Gasteiger charge is 2.24. The third-order valence-electron chi connectivity index (χ3n) is 3.03. The molecule has 1 saturated heterocycles. The minimum Gasteiger partial charge on any atom is -0.355 e. The van der Waals surface area contributed by atoms with Crippen molar-refractivity contribution in [2.24, 2.45) is 11.7 Å². The van der Waals surface area contributed by atoms with Gasteiger partial charge in [-0.3, -0.25) is 4.90 Å². The van der Waals surface area contributed by atoms with Crippen molar-refractivity contribution in [3.8, 4) is 0 Å². The van der Waals surface area contributed by atoms with Crippen LogP contribution in [-0.2, 0) is 9.47 Å². The quantitative estimate of drug-likeness (QED) is 0.665. The SMILES string of the molecule is COC(CN1CCC(C)C(N)C1)OC. The van der Waals surface area contributed by atoms with Crippen LogP contribution in [0, 0.1) is 5.92 Å². The van der Waals surface area contributed by atoms with Gasteiger partial charge in [0, 0.05) is 33.4 Å². The number of piperidine rings is 1. The number of nitrogens with two attached hydrogens (primary N) is 1. The minimum absolute atomic E-state index is 0.129. The summed E-state index contributed by atoms with van der Waals surface area (Å²) < 4.78 is 10.3. The second-order valence-electron chi connectivity index (χ2n) is 4.09. The van der Waals surface area contributed by atoms with E-state index in [9.17, 15) is 0 Å². The maximum Gasteiger partial charge on any atom is 0.169 e. The van der Waals surface area contributed by atoms with E-state index in [1.807, 2.05) is 0 Å². The van der Waals surface area contributed by atoms with Crippen molar-refractivity contribution in [1.29, 1.82) is 0 Å². The van der Waals surface area contributed by atoms with Crippen molar-refractivity contribution in [1.82, 2.24) is 4.90 Å². The van der Waals surface area contributed by atoms with Crippen LogP contribution in [0.3, 0.4) is 0 Å². The Kier molecular flexibility index (Phi) is 4.81. The molecule has 14 heavy (non-hydrogen) atoms. The Bertz CT molecular complexity index is 162. The molecule has 0 aliphatic carbocycles. The van der Waals surface area contributed by atoms with Gasteiger partial charge in [-0.05, 0) is 18.9 Å². The summed E-state index contributed by atoms with van der Waals surface area (Å²) in [7, 11) is 3.33. The number of likely N-dealkylation sites (tertiary alicyclic amines) is 1. The Hall–Kier alpha value is -0.160. The number of ether oxygens (including phenoxy) is 2. The Balaban J connectivity index is 2.32. The molecule has 0 aromatic heterocycles. The molecule has 2 N–H and O–H groups in total. The van der Waals surface area contributed by atoms with Gasteiger partial charge in [-0.25, -0.2) is 0 Å². The fourth-order valence-corrected chi connectivity index (χ4v) is 1.79. The Labute approximate surface area is 86.3 Å². The van der Waals surface area contributed by atoms with Gasteiger partial charge in [0.05, 0.1) is 0 Å². The second kappa shape index (κ2) is 5.66. The van der Waals surface area contributed by atoms with E-state index in [2.05, 4.69) is 11.8 Å².